The van der Waals surface area contributed by atoms with Crippen LogP contribution in [0.1, 0.15) is 19.3 Å². The van der Waals surface area contributed by atoms with E-state index in [0.717, 1.165) is 25.9 Å². The number of hydrazine groups is 1. The molecule has 1 aliphatic rings. The summed E-state index contributed by atoms with van der Waals surface area (Å²) in [6, 6.07) is 6.30. The molecule has 1 heterocycles. The number of hydrogen-bond acceptors (Lipinski definition) is 4. The minimum atomic E-state index is -1.05. The van der Waals surface area contributed by atoms with E-state index < -0.39 is 12.6 Å². The summed E-state index contributed by atoms with van der Waals surface area (Å²) in [5.74, 6) is -0.649. The van der Waals surface area contributed by atoms with Crippen molar-refractivity contribution < 1.29 is 19.4 Å². The van der Waals surface area contributed by atoms with E-state index in [0.29, 0.717) is 11.4 Å². The molecule has 0 aliphatic carbocycles. The largest absolute Gasteiger partial charge is 0.482 e. The number of carbonyl (C=O) groups excluding carboxylic acids is 1. The average Bonchev–Trinajstić information content (AvgIpc) is 2.46. The van der Waals surface area contributed by atoms with Crippen LogP contribution in [0, 0.1) is 0 Å². The number of carbonyl (C=O) groups is 2. The van der Waals surface area contributed by atoms with Crippen molar-refractivity contribution in [2.24, 2.45) is 0 Å². The number of carboxylic acids is 1. The summed E-state index contributed by atoms with van der Waals surface area (Å²) < 4.78 is 5.06. The van der Waals surface area contributed by atoms with Gasteiger partial charge in [-0.25, -0.2) is 14.6 Å². The molecule has 0 aromatic heterocycles. The lowest BCUT2D eigenvalue weighted by molar-refractivity contribution is -0.139. The number of benzene rings is 1. The number of hydrogen-bond donors (Lipinski definition) is 3. The zero-order valence-electron chi connectivity index (χ0n) is 11.7. The molecule has 2 amide bonds. The van der Waals surface area contributed by atoms with Gasteiger partial charge in [0.25, 0.3) is 0 Å². The Bertz CT molecular complexity index is 501. The molecule has 7 nitrogen and oxygen atoms in total. The SMILES string of the molecule is O=C(O)COc1cccc(NC(=O)NN2CCCCC2)c1. The number of rotatable bonds is 5. The number of carboxylic acid groups (broad SMARTS) is 1. The van der Waals surface area contributed by atoms with Crippen LogP contribution in [0.4, 0.5) is 10.5 Å². The van der Waals surface area contributed by atoms with Crippen molar-refractivity contribution in [2.45, 2.75) is 19.3 Å². The van der Waals surface area contributed by atoms with Gasteiger partial charge in [-0.15, -0.1) is 0 Å². The molecule has 0 radical (unpaired) electrons. The Hall–Kier alpha value is -2.28. The molecule has 1 aliphatic heterocycles. The molecule has 1 aromatic rings. The predicted molar refractivity (Wildman–Crippen MR) is 77.2 cm³/mol. The van der Waals surface area contributed by atoms with Gasteiger partial charge < -0.3 is 15.2 Å². The van der Waals surface area contributed by atoms with Gasteiger partial charge >= 0.3 is 12.0 Å². The molecule has 0 spiro atoms. The highest BCUT2D eigenvalue weighted by Gasteiger charge is 2.12. The maximum atomic E-state index is 11.9. The van der Waals surface area contributed by atoms with E-state index >= 15 is 0 Å². The van der Waals surface area contributed by atoms with Gasteiger partial charge in [0.05, 0.1) is 0 Å². The smallest absolute Gasteiger partial charge is 0.341 e. The topological polar surface area (TPSA) is 90.9 Å². The fourth-order valence-corrected chi connectivity index (χ4v) is 2.12. The summed E-state index contributed by atoms with van der Waals surface area (Å²) in [6.45, 7) is 1.30. The molecule has 7 heteroatoms. The molecule has 0 bridgehead atoms. The van der Waals surface area contributed by atoms with Crippen molar-refractivity contribution in [3.63, 3.8) is 0 Å². The van der Waals surface area contributed by atoms with Crippen molar-refractivity contribution >= 4 is 17.7 Å². The van der Waals surface area contributed by atoms with Crippen LogP contribution in [0.2, 0.25) is 0 Å². The first kappa shape index (κ1) is 15.1. The number of piperidine rings is 1. The average molecular weight is 293 g/mol. The highest BCUT2D eigenvalue weighted by atomic mass is 16.5. The Morgan fingerprint density at radius 1 is 1.24 bits per heavy atom. The van der Waals surface area contributed by atoms with Gasteiger partial charge in [0.1, 0.15) is 5.75 Å². The number of anilines is 1. The molecule has 0 atom stereocenters. The predicted octanol–water partition coefficient (Wildman–Crippen LogP) is 1.67. The molecular formula is C14H19N3O4. The highest BCUT2D eigenvalue weighted by Crippen LogP contribution is 2.17. The number of nitrogens with one attached hydrogen (secondary N) is 2. The van der Waals surface area contributed by atoms with Gasteiger partial charge in [0.2, 0.25) is 0 Å². The summed E-state index contributed by atoms with van der Waals surface area (Å²) in [5, 5.41) is 13.2. The zero-order chi connectivity index (χ0) is 15.1. The number of amides is 2. The van der Waals surface area contributed by atoms with Crippen LogP contribution in [-0.4, -0.2) is 41.8 Å². The summed E-state index contributed by atoms with van der Waals surface area (Å²) in [6.07, 6.45) is 3.36. The molecule has 1 fully saturated rings. The van der Waals surface area contributed by atoms with Crippen LogP contribution in [-0.2, 0) is 4.79 Å². The minimum absolute atomic E-state index is 0.313. The summed E-state index contributed by atoms with van der Waals surface area (Å²) in [7, 11) is 0. The fourth-order valence-electron chi connectivity index (χ4n) is 2.12. The van der Waals surface area contributed by atoms with Gasteiger partial charge in [0, 0.05) is 24.8 Å². The third-order valence-electron chi connectivity index (χ3n) is 3.07. The molecule has 2 rings (SSSR count). The Morgan fingerprint density at radius 2 is 2.00 bits per heavy atom. The molecule has 114 valence electrons. The summed E-state index contributed by atoms with van der Waals surface area (Å²) in [4.78, 5) is 22.3. The zero-order valence-corrected chi connectivity index (χ0v) is 11.7. The van der Waals surface area contributed by atoms with E-state index in [2.05, 4.69) is 10.7 Å². The van der Waals surface area contributed by atoms with Gasteiger partial charge in [-0.05, 0) is 25.0 Å². The quantitative estimate of drug-likeness (QED) is 0.768. The molecule has 0 unspecified atom stereocenters. The first-order valence-corrected chi connectivity index (χ1v) is 6.91. The van der Waals surface area contributed by atoms with Gasteiger partial charge in [-0.2, -0.15) is 0 Å². The van der Waals surface area contributed by atoms with Crippen molar-refractivity contribution in [2.75, 3.05) is 25.0 Å². The Morgan fingerprint density at radius 3 is 2.71 bits per heavy atom. The van der Waals surface area contributed by atoms with Crippen LogP contribution >= 0.6 is 0 Å². The lowest BCUT2D eigenvalue weighted by atomic mass is 10.2. The second-order valence-corrected chi connectivity index (χ2v) is 4.82. The van der Waals surface area contributed by atoms with Crippen molar-refractivity contribution in [3.05, 3.63) is 24.3 Å². The van der Waals surface area contributed by atoms with Crippen LogP contribution in [0.15, 0.2) is 24.3 Å². The van der Waals surface area contributed by atoms with Crippen molar-refractivity contribution in [3.8, 4) is 5.75 Å². The molecule has 0 saturated carbocycles. The summed E-state index contributed by atoms with van der Waals surface area (Å²) >= 11 is 0. The van der Waals surface area contributed by atoms with E-state index in [9.17, 15) is 9.59 Å². The number of aliphatic carboxylic acids is 1. The van der Waals surface area contributed by atoms with E-state index in [1.807, 2.05) is 5.01 Å². The van der Waals surface area contributed by atoms with Crippen molar-refractivity contribution in [1.82, 2.24) is 10.4 Å². The Balaban J connectivity index is 1.85. The highest BCUT2D eigenvalue weighted by molar-refractivity contribution is 5.89. The molecular weight excluding hydrogens is 274 g/mol. The number of urea groups is 1. The van der Waals surface area contributed by atoms with Gasteiger partial charge in [-0.1, -0.05) is 12.5 Å². The maximum Gasteiger partial charge on any atom is 0.341 e. The first-order chi connectivity index (χ1) is 10.1. The standard InChI is InChI=1S/C14H19N3O4/c18-13(19)10-21-12-6-4-5-11(9-12)15-14(20)16-17-7-2-1-3-8-17/h4-6,9H,1-3,7-8,10H2,(H,18,19)(H2,15,16,20). The van der Waals surface area contributed by atoms with E-state index in [4.69, 9.17) is 9.84 Å². The van der Waals surface area contributed by atoms with E-state index in [-0.39, 0.29) is 6.03 Å². The van der Waals surface area contributed by atoms with Crippen LogP contribution in [0.25, 0.3) is 0 Å². The maximum absolute atomic E-state index is 11.9. The normalized spacial score (nSPS) is 15.2. The molecule has 3 N–H and O–H groups in total. The molecule has 1 aromatic carbocycles. The molecule has 21 heavy (non-hydrogen) atoms. The third kappa shape index (κ3) is 5.31. The van der Waals surface area contributed by atoms with Crippen LogP contribution in [0.3, 0.4) is 0 Å². The number of ether oxygens (including phenoxy) is 1. The van der Waals surface area contributed by atoms with Crippen molar-refractivity contribution in [1.29, 1.82) is 0 Å². The lowest BCUT2D eigenvalue weighted by Crippen LogP contribution is -2.46. The van der Waals surface area contributed by atoms with Gasteiger partial charge in [0.15, 0.2) is 6.61 Å². The monoisotopic (exact) mass is 293 g/mol. The van der Waals surface area contributed by atoms with E-state index in [1.54, 1.807) is 24.3 Å². The second kappa shape index (κ2) is 7.49. The second-order valence-electron chi connectivity index (χ2n) is 4.82. The van der Waals surface area contributed by atoms with E-state index in [1.165, 1.54) is 6.42 Å². The minimum Gasteiger partial charge on any atom is -0.482 e. The van der Waals surface area contributed by atoms with Crippen LogP contribution < -0.4 is 15.5 Å². The van der Waals surface area contributed by atoms with Gasteiger partial charge in [-0.3, -0.25) is 5.43 Å². The Kier molecular flexibility index (Phi) is 5.39. The third-order valence-corrected chi connectivity index (χ3v) is 3.07. The first-order valence-electron chi connectivity index (χ1n) is 6.91. The van der Waals surface area contributed by atoms with Crippen LogP contribution in [0.5, 0.6) is 5.75 Å². The summed E-state index contributed by atoms with van der Waals surface area (Å²) in [5.41, 5.74) is 3.33. The number of nitrogens with zero attached hydrogens (tertiary/aromatic N) is 1. The lowest BCUT2D eigenvalue weighted by Gasteiger charge is -2.26. The Labute approximate surface area is 122 Å². The fraction of sp³-hybridized carbons (Fsp3) is 0.429. The molecule has 1 saturated heterocycles.